The second kappa shape index (κ2) is 6.54. The number of amides is 1. The molecule has 0 unspecified atom stereocenters. The van der Waals surface area contributed by atoms with Crippen LogP contribution in [-0.4, -0.2) is 36.4 Å². The number of fused-ring (bicyclic) bond motifs is 1. The summed E-state index contributed by atoms with van der Waals surface area (Å²) >= 11 is 0. The molecule has 2 rings (SSSR count). The number of benzene rings is 1. The lowest BCUT2D eigenvalue weighted by Gasteiger charge is -2.11. The molecule has 0 aromatic heterocycles. The van der Waals surface area contributed by atoms with E-state index in [2.05, 4.69) is 5.32 Å². The van der Waals surface area contributed by atoms with Crippen LogP contribution >= 0.6 is 0 Å². The summed E-state index contributed by atoms with van der Waals surface area (Å²) < 4.78 is 5.20. The van der Waals surface area contributed by atoms with Gasteiger partial charge in [0.15, 0.2) is 0 Å². The molecule has 0 aliphatic carbocycles. The van der Waals surface area contributed by atoms with Crippen molar-refractivity contribution in [2.24, 2.45) is 0 Å². The minimum absolute atomic E-state index is 0.103. The number of hydrogen-bond acceptors (Lipinski definition) is 4. The van der Waals surface area contributed by atoms with Gasteiger partial charge < -0.3 is 20.3 Å². The van der Waals surface area contributed by atoms with Crippen molar-refractivity contribution in [3.63, 3.8) is 0 Å². The van der Waals surface area contributed by atoms with Crippen LogP contribution in [0.1, 0.15) is 33.5 Å². The van der Waals surface area contributed by atoms with Gasteiger partial charge in [-0.1, -0.05) is 6.07 Å². The van der Waals surface area contributed by atoms with E-state index in [4.69, 9.17) is 9.84 Å². The molecule has 108 valence electrons. The van der Waals surface area contributed by atoms with Crippen molar-refractivity contribution in [3.8, 4) is 0 Å². The average molecular weight is 277 g/mol. The summed E-state index contributed by atoms with van der Waals surface area (Å²) in [6.45, 7) is 0.294. The number of methoxy groups -OCH3 is 1. The van der Waals surface area contributed by atoms with Gasteiger partial charge in [0.2, 0.25) is 0 Å². The van der Waals surface area contributed by atoms with Gasteiger partial charge in [-0.25, -0.2) is 0 Å². The summed E-state index contributed by atoms with van der Waals surface area (Å²) in [6, 6.07) is 3.69. The zero-order valence-electron chi connectivity index (χ0n) is 11.5. The van der Waals surface area contributed by atoms with Crippen molar-refractivity contribution < 1.29 is 19.7 Å². The summed E-state index contributed by atoms with van der Waals surface area (Å²) in [7, 11) is 1.55. The van der Waals surface area contributed by atoms with E-state index in [9.17, 15) is 9.90 Å². The summed E-state index contributed by atoms with van der Waals surface area (Å²) in [5.41, 5.74) is 2.87. The molecule has 0 saturated heterocycles. The maximum atomic E-state index is 12.1. The van der Waals surface area contributed by atoms with Gasteiger partial charge in [0.05, 0.1) is 20.3 Å². The number of nitrogens with one attached hydrogen (secondary N) is 1. The first-order chi connectivity index (χ1) is 9.69. The smallest absolute Gasteiger partial charge is 0.252 e. The number of aliphatic hydroxyl groups excluding tert-OH is 2. The minimum atomic E-state index is -0.177. The molecular formula is C15H19NO4. The number of carbonyl (C=O) groups is 1. The lowest BCUT2D eigenvalue weighted by atomic mass is 9.95. The molecular weight excluding hydrogens is 258 g/mol. The third-order valence-corrected chi connectivity index (χ3v) is 3.35. The van der Waals surface area contributed by atoms with E-state index >= 15 is 0 Å². The van der Waals surface area contributed by atoms with Gasteiger partial charge in [0, 0.05) is 12.2 Å². The lowest BCUT2D eigenvalue weighted by Crippen LogP contribution is -2.25. The van der Waals surface area contributed by atoms with Crippen LogP contribution in [0.5, 0.6) is 0 Å². The van der Waals surface area contributed by atoms with Crippen LogP contribution in [0, 0.1) is 0 Å². The maximum Gasteiger partial charge on any atom is 0.252 e. The van der Waals surface area contributed by atoms with Gasteiger partial charge in [-0.05, 0) is 41.7 Å². The molecule has 1 aromatic carbocycles. The minimum Gasteiger partial charge on any atom is -0.499 e. The van der Waals surface area contributed by atoms with Crippen molar-refractivity contribution >= 4 is 12.0 Å². The van der Waals surface area contributed by atoms with Crippen LogP contribution in [0.2, 0.25) is 0 Å². The van der Waals surface area contributed by atoms with Crippen molar-refractivity contribution in [1.29, 1.82) is 0 Å². The van der Waals surface area contributed by atoms with E-state index in [0.29, 0.717) is 41.8 Å². The molecule has 1 aliphatic heterocycles. The first-order valence-corrected chi connectivity index (χ1v) is 6.60. The third-order valence-electron chi connectivity index (χ3n) is 3.35. The Bertz CT molecular complexity index is 537. The Morgan fingerprint density at radius 1 is 1.35 bits per heavy atom. The number of rotatable bonds is 5. The van der Waals surface area contributed by atoms with Gasteiger partial charge in [-0.2, -0.15) is 0 Å². The molecule has 1 aliphatic rings. The molecule has 3 N–H and O–H groups in total. The van der Waals surface area contributed by atoms with E-state index in [1.165, 1.54) is 0 Å². The second-order valence-corrected chi connectivity index (χ2v) is 4.70. The number of ether oxygens (including phenoxy) is 1. The van der Waals surface area contributed by atoms with Gasteiger partial charge in [0.1, 0.15) is 5.76 Å². The Morgan fingerprint density at radius 2 is 2.15 bits per heavy atom. The second-order valence-electron chi connectivity index (χ2n) is 4.70. The van der Waals surface area contributed by atoms with Crippen LogP contribution in [0.25, 0.3) is 6.08 Å². The highest BCUT2D eigenvalue weighted by Crippen LogP contribution is 2.24. The molecule has 0 bridgehead atoms. The number of carbonyl (C=O) groups excluding carboxylic acids is 1. The van der Waals surface area contributed by atoms with Crippen molar-refractivity contribution in [3.05, 3.63) is 40.1 Å². The molecule has 1 heterocycles. The summed E-state index contributed by atoms with van der Waals surface area (Å²) in [4.78, 5) is 12.1. The number of aliphatic hydroxyl groups is 2. The van der Waals surface area contributed by atoms with E-state index < -0.39 is 0 Å². The average Bonchev–Trinajstić information content (AvgIpc) is 2.64. The van der Waals surface area contributed by atoms with E-state index in [-0.39, 0.29) is 19.1 Å². The Morgan fingerprint density at radius 3 is 2.80 bits per heavy atom. The zero-order chi connectivity index (χ0) is 14.5. The van der Waals surface area contributed by atoms with Crippen LogP contribution in [0.4, 0.5) is 0 Å². The normalized spacial score (nSPS) is 14.2. The predicted octanol–water partition coefficient (Wildman–Crippen LogP) is 0.835. The topological polar surface area (TPSA) is 78.8 Å². The first kappa shape index (κ1) is 14.6. The monoisotopic (exact) mass is 277 g/mol. The molecule has 1 amide bonds. The van der Waals surface area contributed by atoms with Crippen LogP contribution < -0.4 is 5.32 Å². The summed E-state index contributed by atoms with van der Waals surface area (Å²) in [5.74, 6) is 0.471. The quantitative estimate of drug-likeness (QED) is 0.745. The molecule has 1 aromatic rings. The van der Waals surface area contributed by atoms with Crippen molar-refractivity contribution in [2.75, 3.05) is 20.3 Å². The SMILES string of the molecule is COC1=Cc2c(CO)cc(CCCO)cc2C(=O)NC1. The zero-order valence-corrected chi connectivity index (χ0v) is 11.5. The van der Waals surface area contributed by atoms with Gasteiger partial charge in [-0.15, -0.1) is 0 Å². The van der Waals surface area contributed by atoms with Crippen LogP contribution in [-0.2, 0) is 17.8 Å². The van der Waals surface area contributed by atoms with Crippen molar-refractivity contribution in [2.45, 2.75) is 19.4 Å². The van der Waals surface area contributed by atoms with Gasteiger partial charge in [0.25, 0.3) is 5.91 Å². The van der Waals surface area contributed by atoms with E-state index in [1.807, 2.05) is 12.1 Å². The van der Waals surface area contributed by atoms with Gasteiger partial charge in [-0.3, -0.25) is 4.79 Å². The number of hydrogen-bond donors (Lipinski definition) is 3. The molecule has 0 saturated carbocycles. The Hall–Kier alpha value is -1.85. The summed E-state index contributed by atoms with van der Waals surface area (Å²) in [6.07, 6.45) is 3.09. The Balaban J connectivity index is 2.50. The highest BCUT2D eigenvalue weighted by atomic mass is 16.5. The highest BCUT2D eigenvalue weighted by molar-refractivity contribution is 5.99. The molecule has 5 heteroatoms. The first-order valence-electron chi connectivity index (χ1n) is 6.60. The fraction of sp³-hybridized carbons (Fsp3) is 0.400. The Kier molecular flexibility index (Phi) is 4.76. The van der Waals surface area contributed by atoms with Crippen LogP contribution in [0.3, 0.4) is 0 Å². The molecule has 0 fully saturated rings. The van der Waals surface area contributed by atoms with Crippen LogP contribution in [0.15, 0.2) is 17.9 Å². The molecule has 0 spiro atoms. The fourth-order valence-electron chi connectivity index (χ4n) is 2.30. The molecule has 5 nitrogen and oxygen atoms in total. The number of aryl methyl sites for hydroxylation is 1. The Labute approximate surface area is 117 Å². The predicted molar refractivity (Wildman–Crippen MR) is 75.1 cm³/mol. The maximum absolute atomic E-state index is 12.1. The molecule has 20 heavy (non-hydrogen) atoms. The van der Waals surface area contributed by atoms with E-state index in [1.54, 1.807) is 13.2 Å². The third kappa shape index (κ3) is 3.00. The largest absolute Gasteiger partial charge is 0.499 e. The molecule has 0 radical (unpaired) electrons. The summed E-state index contributed by atoms with van der Waals surface area (Å²) in [5, 5.41) is 21.2. The molecule has 0 atom stereocenters. The standard InChI is InChI=1S/C15H19NO4/c1-20-12-7-13-11(9-18)5-10(3-2-4-17)6-14(13)15(19)16-8-12/h5-7,17-18H,2-4,8-9H2,1H3,(H,16,19). The van der Waals surface area contributed by atoms with Crippen molar-refractivity contribution in [1.82, 2.24) is 5.32 Å². The fourth-order valence-corrected chi connectivity index (χ4v) is 2.30. The lowest BCUT2D eigenvalue weighted by molar-refractivity contribution is 0.0952. The van der Waals surface area contributed by atoms with E-state index in [0.717, 1.165) is 5.56 Å². The van der Waals surface area contributed by atoms with Gasteiger partial charge >= 0.3 is 0 Å². The highest BCUT2D eigenvalue weighted by Gasteiger charge is 2.19.